The second-order valence-electron chi connectivity index (χ2n) is 8.30. The van der Waals surface area contributed by atoms with Crippen molar-refractivity contribution in [2.45, 2.75) is 45.8 Å². The van der Waals surface area contributed by atoms with Crippen LogP contribution in [0.1, 0.15) is 38.1 Å². The van der Waals surface area contributed by atoms with Crippen LogP contribution in [0.2, 0.25) is 23.2 Å². The zero-order chi connectivity index (χ0) is 24.0. The number of hydrogen-bond donors (Lipinski definition) is 0. The summed E-state index contributed by atoms with van der Waals surface area (Å²) < 4.78 is 11.5. The first-order chi connectivity index (χ1) is 14.2. The summed E-state index contributed by atoms with van der Waals surface area (Å²) in [4.78, 5) is 40.2. The highest BCUT2D eigenvalue weighted by molar-refractivity contribution is 14.1. The van der Waals surface area contributed by atoms with Crippen molar-refractivity contribution in [3.63, 3.8) is 0 Å². The number of rotatable bonds is 10. The molecule has 0 aromatic heterocycles. The van der Waals surface area contributed by atoms with Crippen molar-refractivity contribution in [2.75, 3.05) is 19.8 Å². The Hall–Kier alpha value is -1.37. The monoisotopic (exact) mass is 582 g/mol. The molecule has 0 amide bonds. The van der Waals surface area contributed by atoms with Crippen LogP contribution in [0.3, 0.4) is 0 Å². The number of esters is 1. The molecule has 172 valence electrons. The van der Waals surface area contributed by atoms with Gasteiger partial charge in [-0.05, 0) is 53.7 Å². The van der Waals surface area contributed by atoms with Crippen LogP contribution in [0.25, 0.3) is 0 Å². The van der Waals surface area contributed by atoms with Crippen molar-refractivity contribution in [1.82, 2.24) is 0 Å². The Morgan fingerprint density at radius 1 is 1.35 bits per heavy atom. The molecule has 11 heteroatoms. The Morgan fingerprint density at radius 3 is 2.48 bits per heavy atom. The molecule has 0 fully saturated rings. The fourth-order valence-electron chi connectivity index (χ4n) is 2.27. The molecule has 0 saturated carbocycles. The number of carbonyl (C=O) groups excluding carboxylic acids is 2. The summed E-state index contributed by atoms with van der Waals surface area (Å²) in [7, 11) is -1.94. The van der Waals surface area contributed by atoms with Gasteiger partial charge in [0, 0.05) is 21.4 Å². The zero-order valence-corrected chi connectivity index (χ0v) is 22.4. The van der Waals surface area contributed by atoms with Gasteiger partial charge in [0.2, 0.25) is 0 Å². The van der Waals surface area contributed by atoms with Crippen LogP contribution in [-0.4, -0.2) is 51.0 Å². The van der Waals surface area contributed by atoms with Crippen molar-refractivity contribution in [2.24, 2.45) is 10.9 Å². The minimum Gasteiger partial charge on any atom is -0.465 e. The highest BCUT2D eigenvalue weighted by Gasteiger charge is 2.37. The predicted octanol–water partition coefficient (Wildman–Crippen LogP) is 5.31. The minimum absolute atomic E-state index is 0.0517. The van der Waals surface area contributed by atoms with Gasteiger partial charge in [0.25, 0.3) is 5.69 Å². The molecule has 0 aliphatic rings. The molecule has 0 aliphatic carbocycles. The van der Waals surface area contributed by atoms with Gasteiger partial charge in [0.05, 0.1) is 24.7 Å². The number of hydrogen-bond acceptors (Lipinski definition) is 7. The van der Waals surface area contributed by atoms with Crippen LogP contribution in [0.15, 0.2) is 17.1 Å². The van der Waals surface area contributed by atoms with E-state index in [1.807, 2.05) is 22.6 Å². The Balaban J connectivity index is 3.08. The van der Waals surface area contributed by atoms with Gasteiger partial charge in [-0.25, -0.2) is 0 Å². The van der Waals surface area contributed by atoms with E-state index in [-0.39, 0.29) is 28.8 Å². The molecule has 1 aromatic carbocycles. The summed E-state index contributed by atoms with van der Waals surface area (Å²) in [5.41, 5.74) is -0.526. The standard InChI is InChI=1S/C20H28ClIN2O6Si/c1-7-29-19(26)15(12-23-8-9-30-31(5,6)20(2,3)4)18(25)14-10-13(22)11-16(17(14)21)24(27)28/h10-12,15H,7-9H2,1-6H3. The van der Waals surface area contributed by atoms with Crippen molar-refractivity contribution in [1.29, 1.82) is 0 Å². The summed E-state index contributed by atoms with van der Waals surface area (Å²) in [6, 6.07) is 2.66. The Labute approximate surface area is 202 Å². The number of aliphatic imine (C=N–C) groups is 1. The Bertz CT molecular complexity index is 870. The average Bonchev–Trinajstić information content (AvgIpc) is 2.64. The smallest absolute Gasteiger partial charge is 0.322 e. The number of nitro benzene ring substituents is 1. The highest BCUT2D eigenvalue weighted by Crippen LogP contribution is 2.36. The van der Waals surface area contributed by atoms with E-state index in [1.54, 1.807) is 6.92 Å². The van der Waals surface area contributed by atoms with Crippen LogP contribution in [0.4, 0.5) is 5.69 Å². The molecular formula is C20H28ClIN2O6Si. The number of ketones is 1. The van der Waals surface area contributed by atoms with Gasteiger partial charge < -0.3 is 9.16 Å². The lowest BCUT2D eigenvalue weighted by Gasteiger charge is -2.35. The van der Waals surface area contributed by atoms with Crippen molar-refractivity contribution in [3.05, 3.63) is 36.4 Å². The highest BCUT2D eigenvalue weighted by atomic mass is 127. The molecule has 1 aromatic rings. The van der Waals surface area contributed by atoms with E-state index >= 15 is 0 Å². The molecule has 8 nitrogen and oxygen atoms in total. The molecule has 0 N–H and O–H groups in total. The van der Waals surface area contributed by atoms with Gasteiger partial charge >= 0.3 is 5.97 Å². The number of ether oxygens (including phenoxy) is 1. The van der Waals surface area contributed by atoms with E-state index in [2.05, 4.69) is 38.9 Å². The molecular weight excluding hydrogens is 555 g/mol. The van der Waals surface area contributed by atoms with Crippen molar-refractivity contribution >= 4 is 66.2 Å². The summed E-state index contributed by atoms with van der Waals surface area (Å²) >= 11 is 7.94. The molecule has 0 aliphatic heterocycles. The maximum Gasteiger partial charge on any atom is 0.322 e. The zero-order valence-electron chi connectivity index (χ0n) is 18.5. The average molecular weight is 583 g/mol. The number of halogens is 2. The summed E-state index contributed by atoms with van der Waals surface area (Å²) in [5.74, 6) is -2.86. The van der Waals surface area contributed by atoms with Crippen LogP contribution >= 0.6 is 34.2 Å². The van der Waals surface area contributed by atoms with E-state index in [9.17, 15) is 19.7 Å². The lowest BCUT2D eigenvalue weighted by Crippen LogP contribution is -2.41. The summed E-state index contributed by atoms with van der Waals surface area (Å²) in [6.45, 7) is 12.9. The molecule has 0 radical (unpaired) electrons. The molecule has 0 heterocycles. The Morgan fingerprint density at radius 2 is 1.97 bits per heavy atom. The molecule has 1 atom stereocenters. The van der Waals surface area contributed by atoms with Gasteiger partial charge in [0.1, 0.15) is 5.02 Å². The SMILES string of the molecule is CCOC(=O)C(C=NCCO[Si](C)(C)C(C)(C)C)C(=O)c1cc(I)cc([N+](=O)[O-])c1Cl. The number of carbonyl (C=O) groups is 2. The maximum atomic E-state index is 13.0. The quantitative estimate of drug-likeness (QED) is 0.0426. The molecule has 1 unspecified atom stereocenters. The first-order valence-corrected chi connectivity index (χ1v) is 14.1. The third-order valence-corrected chi connectivity index (χ3v) is 10.6. The van der Waals surface area contributed by atoms with Crippen molar-refractivity contribution < 1.29 is 23.7 Å². The fraction of sp³-hybridized carbons (Fsp3) is 0.550. The van der Waals surface area contributed by atoms with Gasteiger partial charge in [-0.3, -0.25) is 24.7 Å². The second-order valence-corrected chi connectivity index (χ2v) is 14.7. The minimum atomic E-state index is -1.94. The number of nitrogens with zero attached hydrogens (tertiary/aromatic N) is 2. The van der Waals surface area contributed by atoms with Crippen LogP contribution in [0.5, 0.6) is 0 Å². The topological polar surface area (TPSA) is 108 Å². The van der Waals surface area contributed by atoms with Crippen LogP contribution < -0.4 is 0 Å². The van der Waals surface area contributed by atoms with E-state index in [1.165, 1.54) is 18.3 Å². The molecule has 31 heavy (non-hydrogen) atoms. The molecule has 0 spiro atoms. The van der Waals surface area contributed by atoms with Gasteiger partial charge in [-0.1, -0.05) is 32.4 Å². The molecule has 0 saturated heterocycles. The maximum absolute atomic E-state index is 13.0. The first kappa shape index (κ1) is 27.7. The number of Topliss-reactive ketones (excluding diaryl/α,β-unsaturated/α-hetero) is 1. The van der Waals surface area contributed by atoms with E-state index in [4.69, 9.17) is 20.8 Å². The second kappa shape index (κ2) is 11.5. The van der Waals surface area contributed by atoms with Crippen LogP contribution in [0, 0.1) is 19.6 Å². The summed E-state index contributed by atoms with van der Waals surface area (Å²) in [5, 5.41) is 11.0. The van der Waals surface area contributed by atoms with Crippen LogP contribution in [-0.2, 0) is 14.0 Å². The van der Waals surface area contributed by atoms with Gasteiger partial charge in [-0.2, -0.15) is 0 Å². The molecule has 0 bridgehead atoms. The van der Waals surface area contributed by atoms with Gasteiger partial charge in [-0.15, -0.1) is 0 Å². The number of benzene rings is 1. The third-order valence-electron chi connectivity index (χ3n) is 5.05. The van der Waals surface area contributed by atoms with Crippen molar-refractivity contribution in [3.8, 4) is 0 Å². The first-order valence-electron chi connectivity index (χ1n) is 9.71. The summed E-state index contributed by atoms with van der Waals surface area (Å²) in [6.07, 6.45) is 1.21. The Kier molecular flexibility index (Phi) is 10.2. The largest absolute Gasteiger partial charge is 0.465 e. The van der Waals surface area contributed by atoms with E-state index in [0.29, 0.717) is 10.2 Å². The number of nitro groups is 1. The fourth-order valence-corrected chi connectivity index (χ4v) is 4.18. The lowest BCUT2D eigenvalue weighted by molar-refractivity contribution is -0.384. The lowest BCUT2D eigenvalue weighted by atomic mass is 9.98. The van der Waals surface area contributed by atoms with E-state index in [0.717, 1.165) is 0 Å². The normalized spacial score (nSPS) is 13.3. The van der Waals surface area contributed by atoms with Gasteiger partial charge in [0.15, 0.2) is 20.0 Å². The predicted molar refractivity (Wildman–Crippen MR) is 132 cm³/mol. The van der Waals surface area contributed by atoms with E-state index < -0.39 is 36.6 Å². The third kappa shape index (κ3) is 7.61. The molecule has 1 rings (SSSR count).